The molecule has 110 valence electrons. The number of halogens is 1. The number of benzene rings is 1. The molecule has 0 aromatic heterocycles. The maximum Gasteiger partial charge on any atom is 0.239 e. The average Bonchev–Trinajstić information content (AvgIpc) is 2.46. The molecule has 5 heteroatoms. The molecule has 1 aromatic rings. The number of carbonyl (C=O) groups is 1. The van der Waals surface area contributed by atoms with Gasteiger partial charge in [-0.2, -0.15) is 0 Å². The minimum absolute atomic E-state index is 0.0570. The first-order chi connectivity index (χ1) is 9.50. The zero-order valence-electron chi connectivity index (χ0n) is 12.3. The highest BCUT2D eigenvalue weighted by Gasteiger charge is 2.26. The molecule has 0 bridgehead atoms. The fourth-order valence-corrected chi connectivity index (χ4v) is 2.84. The van der Waals surface area contributed by atoms with E-state index in [9.17, 15) is 4.79 Å². The van der Waals surface area contributed by atoms with E-state index in [0.29, 0.717) is 0 Å². The van der Waals surface area contributed by atoms with Crippen molar-refractivity contribution in [2.24, 2.45) is 0 Å². The molecule has 0 spiro atoms. The SMILES string of the molecule is CC(C(=O)N(C)C)N1CCN(c2ccccc2Cl)CC1. The standard InChI is InChI=1S/C15H22ClN3O/c1-12(15(20)17(2)3)18-8-10-19(11-9-18)14-7-5-4-6-13(14)16/h4-7,12H,8-11H2,1-3H3. The summed E-state index contributed by atoms with van der Waals surface area (Å²) in [6, 6.07) is 7.86. The van der Waals surface area contributed by atoms with Crippen molar-refractivity contribution < 1.29 is 4.79 Å². The van der Waals surface area contributed by atoms with E-state index < -0.39 is 0 Å². The van der Waals surface area contributed by atoms with Crippen molar-refractivity contribution in [1.82, 2.24) is 9.80 Å². The lowest BCUT2D eigenvalue weighted by Crippen LogP contribution is -2.53. The molecule has 1 aliphatic heterocycles. The van der Waals surface area contributed by atoms with Crippen molar-refractivity contribution in [3.63, 3.8) is 0 Å². The molecule has 0 saturated carbocycles. The number of para-hydroxylation sites is 1. The second kappa shape index (κ2) is 6.46. The highest BCUT2D eigenvalue weighted by molar-refractivity contribution is 6.33. The summed E-state index contributed by atoms with van der Waals surface area (Å²) in [5, 5.41) is 0.790. The molecule has 2 rings (SSSR count). The van der Waals surface area contributed by atoms with Crippen LogP contribution in [-0.2, 0) is 4.79 Å². The molecule has 1 saturated heterocycles. The summed E-state index contributed by atoms with van der Waals surface area (Å²) in [4.78, 5) is 18.2. The topological polar surface area (TPSA) is 26.8 Å². The number of hydrogen-bond acceptors (Lipinski definition) is 3. The molecule has 4 nitrogen and oxygen atoms in total. The maximum absolute atomic E-state index is 12.0. The summed E-state index contributed by atoms with van der Waals surface area (Å²) < 4.78 is 0. The van der Waals surface area contributed by atoms with E-state index in [0.717, 1.165) is 36.9 Å². The Morgan fingerprint density at radius 1 is 1.20 bits per heavy atom. The van der Waals surface area contributed by atoms with Crippen molar-refractivity contribution in [2.75, 3.05) is 45.2 Å². The lowest BCUT2D eigenvalue weighted by molar-refractivity contribution is -0.133. The van der Waals surface area contributed by atoms with Crippen molar-refractivity contribution in [2.45, 2.75) is 13.0 Å². The first-order valence-electron chi connectivity index (χ1n) is 6.95. The van der Waals surface area contributed by atoms with E-state index >= 15 is 0 Å². The van der Waals surface area contributed by atoms with Crippen LogP contribution < -0.4 is 4.90 Å². The summed E-state index contributed by atoms with van der Waals surface area (Å²) in [7, 11) is 3.61. The smallest absolute Gasteiger partial charge is 0.239 e. The van der Waals surface area contributed by atoms with E-state index in [4.69, 9.17) is 11.6 Å². The Morgan fingerprint density at radius 2 is 1.80 bits per heavy atom. The third-order valence-electron chi connectivity index (χ3n) is 3.85. The van der Waals surface area contributed by atoms with Gasteiger partial charge >= 0.3 is 0 Å². The maximum atomic E-state index is 12.0. The fraction of sp³-hybridized carbons (Fsp3) is 0.533. The number of carbonyl (C=O) groups excluding carboxylic acids is 1. The van der Waals surface area contributed by atoms with E-state index in [1.807, 2.05) is 31.2 Å². The Hall–Kier alpha value is -1.26. The monoisotopic (exact) mass is 295 g/mol. The van der Waals surface area contributed by atoms with Crippen LogP contribution in [0.25, 0.3) is 0 Å². The van der Waals surface area contributed by atoms with Crippen LogP contribution in [0.5, 0.6) is 0 Å². The van der Waals surface area contributed by atoms with Gasteiger partial charge in [0.15, 0.2) is 0 Å². The number of likely N-dealkylation sites (N-methyl/N-ethyl adjacent to an activating group) is 1. The number of nitrogens with zero attached hydrogens (tertiary/aromatic N) is 3. The van der Waals surface area contributed by atoms with Crippen molar-refractivity contribution in [1.29, 1.82) is 0 Å². The Balaban J connectivity index is 1.96. The van der Waals surface area contributed by atoms with Gasteiger partial charge in [-0.3, -0.25) is 9.69 Å². The molecular weight excluding hydrogens is 274 g/mol. The minimum atomic E-state index is -0.0570. The van der Waals surface area contributed by atoms with E-state index in [-0.39, 0.29) is 11.9 Å². The van der Waals surface area contributed by atoms with E-state index in [2.05, 4.69) is 9.80 Å². The molecule has 0 N–H and O–H groups in total. The van der Waals surface area contributed by atoms with Crippen LogP contribution in [0.2, 0.25) is 5.02 Å². The Kier molecular flexibility index (Phi) is 4.89. The second-order valence-corrected chi connectivity index (χ2v) is 5.79. The lowest BCUT2D eigenvalue weighted by atomic mass is 10.2. The normalized spacial score (nSPS) is 17.9. The van der Waals surface area contributed by atoms with Gasteiger partial charge in [0.25, 0.3) is 0 Å². The van der Waals surface area contributed by atoms with Crippen LogP contribution in [0.1, 0.15) is 6.92 Å². The van der Waals surface area contributed by atoms with Gasteiger partial charge in [0, 0.05) is 40.3 Å². The Bertz CT molecular complexity index is 470. The van der Waals surface area contributed by atoms with Crippen LogP contribution >= 0.6 is 11.6 Å². The fourth-order valence-electron chi connectivity index (χ4n) is 2.59. The first kappa shape index (κ1) is 15.1. The largest absolute Gasteiger partial charge is 0.368 e. The molecule has 1 unspecified atom stereocenters. The summed E-state index contributed by atoms with van der Waals surface area (Å²) >= 11 is 6.23. The average molecular weight is 296 g/mol. The number of amides is 1. The van der Waals surface area contributed by atoms with E-state index in [1.165, 1.54) is 0 Å². The minimum Gasteiger partial charge on any atom is -0.368 e. The van der Waals surface area contributed by atoms with Crippen LogP contribution in [0.4, 0.5) is 5.69 Å². The number of hydrogen-bond donors (Lipinski definition) is 0. The lowest BCUT2D eigenvalue weighted by Gasteiger charge is -2.39. The van der Waals surface area contributed by atoms with Crippen LogP contribution in [0, 0.1) is 0 Å². The predicted molar refractivity (Wildman–Crippen MR) is 83.4 cm³/mol. The molecular formula is C15H22ClN3O. The first-order valence-corrected chi connectivity index (χ1v) is 7.33. The van der Waals surface area contributed by atoms with E-state index in [1.54, 1.807) is 19.0 Å². The number of rotatable bonds is 3. The molecule has 1 aromatic carbocycles. The molecule has 0 aliphatic carbocycles. The Morgan fingerprint density at radius 3 is 2.35 bits per heavy atom. The van der Waals surface area contributed by atoms with Crippen molar-refractivity contribution in [3.8, 4) is 0 Å². The number of anilines is 1. The summed E-state index contributed by atoms with van der Waals surface area (Å²) in [6.45, 7) is 5.54. The molecule has 1 atom stereocenters. The van der Waals surface area contributed by atoms with Gasteiger partial charge in [0.2, 0.25) is 5.91 Å². The van der Waals surface area contributed by atoms with Crippen LogP contribution in [0.15, 0.2) is 24.3 Å². The van der Waals surface area contributed by atoms with Gasteiger partial charge in [-0.15, -0.1) is 0 Å². The highest BCUT2D eigenvalue weighted by atomic mass is 35.5. The van der Waals surface area contributed by atoms with Crippen molar-refractivity contribution in [3.05, 3.63) is 29.3 Å². The highest BCUT2D eigenvalue weighted by Crippen LogP contribution is 2.26. The summed E-state index contributed by atoms with van der Waals surface area (Å²) in [6.07, 6.45) is 0. The number of piperazine rings is 1. The molecule has 20 heavy (non-hydrogen) atoms. The van der Waals surface area contributed by atoms with Gasteiger partial charge in [0.1, 0.15) is 0 Å². The van der Waals surface area contributed by atoms with Gasteiger partial charge in [-0.1, -0.05) is 23.7 Å². The summed E-state index contributed by atoms with van der Waals surface area (Å²) in [5.41, 5.74) is 1.08. The molecule has 1 fully saturated rings. The third kappa shape index (κ3) is 3.25. The van der Waals surface area contributed by atoms with Crippen LogP contribution in [0.3, 0.4) is 0 Å². The van der Waals surface area contributed by atoms with Gasteiger partial charge in [-0.25, -0.2) is 0 Å². The van der Waals surface area contributed by atoms with Crippen LogP contribution in [-0.4, -0.2) is 62.0 Å². The zero-order valence-corrected chi connectivity index (χ0v) is 13.1. The third-order valence-corrected chi connectivity index (χ3v) is 4.17. The second-order valence-electron chi connectivity index (χ2n) is 5.38. The zero-order chi connectivity index (χ0) is 14.7. The molecule has 0 radical (unpaired) electrons. The summed E-state index contributed by atoms with van der Waals surface area (Å²) in [5.74, 6) is 0.163. The van der Waals surface area contributed by atoms with Gasteiger partial charge in [-0.05, 0) is 19.1 Å². The quantitative estimate of drug-likeness (QED) is 0.853. The molecule has 1 aliphatic rings. The predicted octanol–water partition coefficient (Wildman–Crippen LogP) is 1.94. The van der Waals surface area contributed by atoms with Gasteiger partial charge in [0.05, 0.1) is 16.8 Å². The molecule has 1 amide bonds. The van der Waals surface area contributed by atoms with Gasteiger partial charge < -0.3 is 9.80 Å². The Labute approximate surface area is 125 Å². The van der Waals surface area contributed by atoms with Crippen molar-refractivity contribution >= 4 is 23.2 Å². The molecule has 1 heterocycles.